The Morgan fingerprint density at radius 3 is 2.43 bits per heavy atom. The fourth-order valence-corrected chi connectivity index (χ4v) is 4.58. The summed E-state index contributed by atoms with van der Waals surface area (Å²) < 4.78 is 43.6. The number of hydrogen-bond donors (Lipinski definition) is 1. The highest BCUT2D eigenvalue weighted by Crippen LogP contribution is 2.33. The van der Waals surface area contributed by atoms with Crippen LogP contribution >= 0.6 is 11.6 Å². The molecule has 0 aliphatic carbocycles. The van der Waals surface area contributed by atoms with Crippen molar-refractivity contribution in [3.8, 4) is 11.5 Å². The number of rotatable bonds is 7. The fraction of sp³-hybridized carbons (Fsp3) is 0.167. The van der Waals surface area contributed by atoms with Gasteiger partial charge < -0.3 is 19.1 Å². The van der Waals surface area contributed by atoms with Gasteiger partial charge >= 0.3 is 5.97 Å². The quantitative estimate of drug-likeness (QED) is 0.478. The molecular formula is C24H21ClN2O7S. The maximum Gasteiger partial charge on any atom is 0.348 e. The number of nitrogens with zero attached hydrogens (tertiary/aromatic N) is 1. The first kappa shape index (κ1) is 24.4. The summed E-state index contributed by atoms with van der Waals surface area (Å²) in [6.07, 6.45) is -0.962. The van der Waals surface area contributed by atoms with Gasteiger partial charge in [-0.3, -0.25) is 9.52 Å². The van der Waals surface area contributed by atoms with E-state index in [-0.39, 0.29) is 18.0 Å². The Hall–Kier alpha value is -3.76. The molecular weight excluding hydrogens is 496 g/mol. The molecule has 9 nitrogen and oxygen atoms in total. The van der Waals surface area contributed by atoms with Gasteiger partial charge in [0.05, 0.1) is 24.2 Å². The van der Waals surface area contributed by atoms with Crippen molar-refractivity contribution in [3.05, 3.63) is 77.8 Å². The highest BCUT2D eigenvalue weighted by molar-refractivity contribution is 7.92. The van der Waals surface area contributed by atoms with Crippen molar-refractivity contribution < 1.29 is 32.2 Å². The summed E-state index contributed by atoms with van der Waals surface area (Å²) in [5.41, 5.74) is 0.882. The number of halogens is 1. The summed E-state index contributed by atoms with van der Waals surface area (Å²) in [6.45, 7) is -0.364. The molecule has 0 unspecified atom stereocenters. The second-order valence-electron chi connectivity index (χ2n) is 7.47. The normalized spacial score (nSPS) is 14.9. The van der Waals surface area contributed by atoms with Crippen molar-refractivity contribution in [2.24, 2.45) is 0 Å². The van der Waals surface area contributed by atoms with Crippen LogP contribution in [0.5, 0.6) is 11.5 Å². The number of hydrogen-bond acceptors (Lipinski definition) is 7. The number of ether oxygens (including phenoxy) is 3. The first-order chi connectivity index (χ1) is 16.8. The summed E-state index contributed by atoms with van der Waals surface area (Å²) in [5, 5.41) is 0.491. The van der Waals surface area contributed by atoms with Crippen molar-refractivity contribution in [2.45, 2.75) is 11.0 Å². The number of esters is 1. The van der Waals surface area contributed by atoms with Crippen LogP contribution in [0.4, 0.5) is 11.4 Å². The van der Waals surface area contributed by atoms with Crippen LogP contribution in [0.15, 0.2) is 77.7 Å². The van der Waals surface area contributed by atoms with Crippen LogP contribution in [0.1, 0.15) is 0 Å². The SMILES string of the molecule is COC(=O)[C@H]1CN(C(=O)COc2ccc(S(=O)(=O)Nc3ccc(Cl)cc3)cc2)c2ccccc2O1. The monoisotopic (exact) mass is 516 g/mol. The summed E-state index contributed by atoms with van der Waals surface area (Å²) >= 11 is 5.83. The van der Waals surface area contributed by atoms with Crippen LogP contribution in [0.25, 0.3) is 0 Å². The topological polar surface area (TPSA) is 111 Å². The maximum absolute atomic E-state index is 12.9. The second kappa shape index (κ2) is 10.2. The smallest absolute Gasteiger partial charge is 0.348 e. The van der Waals surface area contributed by atoms with E-state index in [1.807, 2.05) is 0 Å². The molecule has 1 amide bonds. The van der Waals surface area contributed by atoms with Gasteiger partial charge in [-0.15, -0.1) is 0 Å². The highest BCUT2D eigenvalue weighted by atomic mass is 35.5. The Labute approximate surface area is 207 Å². The molecule has 0 radical (unpaired) electrons. The molecule has 3 aromatic carbocycles. The standard InChI is InChI=1S/C24H21ClN2O7S/c1-32-24(29)22-14-27(20-4-2-3-5-21(20)34-22)23(28)15-33-18-10-12-19(13-11-18)35(30,31)26-17-8-6-16(25)7-9-17/h2-13,22,26H,14-15H2,1H3/t22-/m1/s1. The van der Waals surface area contributed by atoms with Gasteiger partial charge in [-0.25, -0.2) is 13.2 Å². The Bertz CT molecular complexity index is 1330. The summed E-state index contributed by atoms with van der Waals surface area (Å²) in [7, 11) is -2.58. The van der Waals surface area contributed by atoms with Gasteiger partial charge in [-0.1, -0.05) is 23.7 Å². The average molecular weight is 517 g/mol. The van der Waals surface area contributed by atoms with E-state index in [2.05, 4.69) is 4.72 Å². The van der Waals surface area contributed by atoms with Crippen molar-refractivity contribution in [2.75, 3.05) is 29.9 Å². The third-order valence-electron chi connectivity index (χ3n) is 5.13. The molecule has 1 aliphatic heterocycles. The number of anilines is 2. The molecule has 0 spiro atoms. The number of fused-ring (bicyclic) bond motifs is 1. The Kier molecular flexibility index (Phi) is 7.13. The van der Waals surface area contributed by atoms with Crippen LogP contribution in [0.2, 0.25) is 5.02 Å². The Morgan fingerprint density at radius 1 is 1.06 bits per heavy atom. The van der Waals surface area contributed by atoms with Gasteiger partial charge in [-0.05, 0) is 60.7 Å². The van der Waals surface area contributed by atoms with E-state index in [0.29, 0.717) is 27.9 Å². The zero-order chi connectivity index (χ0) is 25.0. The number of para-hydroxylation sites is 2. The molecule has 0 aromatic heterocycles. The minimum Gasteiger partial charge on any atom is -0.484 e. The van der Waals surface area contributed by atoms with Gasteiger partial charge in [0.1, 0.15) is 11.5 Å². The van der Waals surface area contributed by atoms with E-state index in [1.54, 1.807) is 48.5 Å². The molecule has 4 rings (SSSR count). The first-order valence-corrected chi connectivity index (χ1v) is 12.3. The van der Waals surface area contributed by atoms with E-state index in [4.69, 9.17) is 25.8 Å². The third-order valence-corrected chi connectivity index (χ3v) is 6.78. The van der Waals surface area contributed by atoms with Crippen LogP contribution in [0, 0.1) is 0 Å². The van der Waals surface area contributed by atoms with Gasteiger partial charge in [0.25, 0.3) is 15.9 Å². The lowest BCUT2D eigenvalue weighted by Crippen LogP contribution is -2.48. The Morgan fingerprint density at radius 2 is 1.74 bits per heavy atom. The minimum absolute atomic E-state index is 0.0224. The molecule has 35 heavy (non-hydrogen) atoms. The van der Waals surface area contributed by atoms with E-state index in [0.717, 1.165) is 0 Å². The molecule has 1 atom stereocenters. The van der Waals surface area contributed by atoms with Crippen LogP contribution in [0.3, 0.4) is 0 Å². The van der Waals surface area contributed by atoms with Gasteiger partial charge in [0.15, 0.2) is 6.61 Å². The lowest BCUT2D eigenvalue weighted by Gasteiger charge is -2.33. The molecule has 11 heteroatoms. The first-order valence-electron chi connectivity index (χ1n) is 10.4. The third kappa shape index (κ3) is 5.67. The number of benzene rings is 3. The van der Waals surface area contributed by atoms with Crippen LogP contribution in [-0.4, -0.2) is 46.7 Å². The molecule has 0 fully saturated rings. The van der Waals surface area contributed by atoms with E-state index >= 15 is 0 Å². The minimum atomic E-state index is -3.82. The predicted molar refractivity (Wildman–Crippen MR) is 129 cm³/mol. The Balaban J connectivity index is 1.42. The van der Waals surface area contributed by atoms with Gasteiger partial charge in [0, 0.05) is 10.7 Å². The highest BCUT2D eigenvalue weighted by Gasteiger charge is 2.34. The van der Waals surface area contributed by atoms with Crippen molar-refractivity contribution in [1.29, 1.82) is 0 Å². The predicted octanol–water partition coefficient (Wildman–Crippen LogP) is 3.49. The lowest BCUT2D eigenvalue weighted by molar-refractivity contribution is -0.148. The average Bonchev–Trinajstić information content (AvgIpc) is 2.87. The summed E-state index contributed by atoms with van der Waals surface area (Å²) in [5.74, 6) is -0.321. The maximum atomic E-state index is 12.9. The van der Waals surface area contributed by atoms with Crippen molar-refractivity contribution >= 4 is 44.9 Å². The fourth-order valence-electron chi connectivity index (χ4n) is 3.39. The number of nitrogens with one attached hydrogen (secondary N) is 1. The zero-order valence-electron chi connectivity index (χ0n) is 18.5. The van der Waals surface area contributed by atoms with Crippen molar-refractivity contribution in [3.63, 3.8) is 0 Å². The molecule has 1 heterocycles. The second-order valence-corrected chi connectivity index (χ2v) is 9.59. The molecule has 1 N–H and O–H groups in total. The summed E-state index contributed by atoms with van der Waals surface area (Å²) in [4.78, 5) is 26.3. The molecule has 3 aromatic rings. The number of carbonyl (C=O) groups excluding carboxylic acids is 2. The van der Waals surface area contributed by atoms with E-state index in [1.165, 1.54) is 36.3 Å². The van der Waals surface area contributed by atoms with E-state index < -0.39 is 28.0 Å². The zero-order valence-corrected chi connectivity index (χ0v) is 20.1. The van der Waals surface area contributed by atoms with Crippen LogP contribution < -0.4 is 19.1 Å². The van der Waals surface area contributed by atoms with Gasteiger partial charge in [-0.2, -0.15) is 0 Å². The molecule has 0 bridgehead atoms. The van der Waals surface area contributed by atoms with Crippen LogP contribution in [-0.2, 0) is 24.3 Å². The van der Waals surface area contributed by atoms with Crippen molar-refractivity contribution in [1.82, 2.24) is 0 Å². The lowest BCUT2D eigenvalue weighted by atomic mass is 10.2. The molecule has 1 aliphatic rings. The number of methoxy groups -OCH3 is 1. The largest absolute Gasteiger partial charge is 0.484 e. The molecule has 182 valence electrons. The van der Waals surface area contributed by atoms with E-state index in [9.17, 15) is 18.0 Å². The van der Waals surface area contributed by atoms with Gasteiger partial charge in [0.2, 0.25) is 6.10 Å². The molecule has 0 saturated heterocycles. The summed E-state index contributed by atoms with van der Waals surface area (Å²) in [6, 6.07) is 18.7. The number of carbonyl (C=O) groups is 2. The molecule has 0 saturated carbocycles. The number of amides is 1. The number of sulfonamides is 1.